The fourth-order valence-corrected chi connectivity index (χ4v) is 1.69. The van der Waals surface area contributed by atoms with E-state index in [1.807, 2.05) is 13.1 Å². The van der Waals surface area contributed by atoms with E-state index in [1.54, 1.807) is 4.68 Å². The zero-order valence-electron chi connectivity index (χ0n) is 10.9. The van der Waals surface area contributed by atoms with Gasteiger partial charge in [-0.25, -0.2) is 4.68 Å². The summed E-state index contributed by atoms with van der Waals surface area (Å²) < 4.78 is 1.58. The molecule has 2 rings (SSSR count). The Labute approximate surface area is 107 Å². The van der Waals surface area contributed by atoms with E-state index in [2.05, 4.69) is 20.9 Å². The second-order valence-electron chi connectivity index (χ2n) is 4.83. The van der Waals surface area contributed by atoms with E-state index in [9.17, 15) is 4.79 Å². The van der Waals surface area contributed by atoms with Crippen LogP contribution in [0.3, 0.4) is 0 Å². The summed E-state index contributed by atoms with van der Waals surface area (Å²) in [6.45, 7) is 4.77. The summed E-state index contributed by atoms with van der Waals surface area (Å²) >= 11 is 0. The van der Waals surface area contributed by atoms with Crippen LogP contribution in [-0.2, 0) is 17.9 Å². The maximum Gasteiger partial charge on any atom is 0.241 e. The van der Waals surface area contributed by atoms with E-state index < -0.39 is 0 Å². The molecule has 2 N–H and O–H groups in total. The van der Waals surface area contributed by atoms with E-state index >= 15 is 0 Å². The quantitative estimate of drug-likeness (QED) is 0.697. The predicted molar refractivity (Wildman–Crippen MR) is 67.8 cm³/mol. The Kier molecular flexibility index (Phi) is 4.69. The number of nitrogens with one attached hydrogen (secondary N) is 2. The maximum absolute atomic E-state index is 11.5. The lowest BCUT2D eigenvalue weighted by atomic mass is 10.4. The van der Waals surface area contributed by atoms with Crippen LogP contribution in [0.2, 0.25) is 0 Å². The smallest absolute Gasteiger partial charge is 0.241 e. The Morgan fingerprint density at radius 1 is 1.56 bits per heavy atom. The number of nitrogens with zero attached hydrogens (tertiary/aromatic N) is 3. The number of carbonyl (C=O) groups excluding carboxylic acids is 1. The number of carbonyl (C=O) groups is 1. The molecule has 6 heteroatoms. The molecular formula is C12H21N5O. The van der Waals surface area contributed by atoms with Crippen LogP contribution in [0.25, 0.3) is 0 Å². The zero-order valence-corrected chi connectivity index (χ0v) is 10.9. The molecule has 0 aliphatic heterocycles. The summed E-state index contributed by atoms with van der Waals surface area (Å²) in [6, 6.07) is 0. The summed E-state index contributed by atoms with van der Waals surface area (Å²) in [5, 5.41) is 14.1. The van der Waals surface area contributed by atoms with Gasteiger partial charge in [-0.3, -0.25) is 4.79 Å². The Balaban J connectivity index is 1.69. The van der Waals surface area contributed by atoms with Gasteiger partial charge < -0.3 is 10.6 Å². The van der Waals surface area contributed by atoms with Gasteiger partial charge in [0, 0.05) is 13.1 Å². The van der Waals surface area contributed by atoms with Crippen molar-refractivity contribution in [1.29, 1.82) is 0 Å². The van der Waals surface area contributed by atoms with Gasteiger partial charge in [-0.05, 0) is 31.7 Å². The number of rotatable bonds is 8. The highest BCUT2D eigenvalue weighted by molar-refractivity contribution is 5.75. The lowest BCUT2D eigenvalue weighted by molar-refractivity contribution is -0.121. The van der Waals surface area contributed by atoms with Gasteiger partial charge in [0.25, 0.3) is 0 Å². The second kappa shape index (κ2) is 6.49. The van der Waals surface area contributed by atoms with E-state index in [-0.39, 0.29) is 12.5 Å². The van der Waals surface area contributed by atoms with Crippen LogP contribution in [0.4, 0.5) is 0 Å². The Morgan fingerprint density at radius 2 is 2.39 bits per heavy atom. The molecule has 6 nitrogen and oxygen atoms in total. The fraction of sp³-hybridized carbons (Fsp3) is 0.750. The largest absolute Gasteiger partial charge is 0.355 e. The first kappa shape index (κ1) is 13.0. The van der Waals surface area contributed by atoms with Crippen molar-refractivity contribution in [2.75, 3.05) is 13.1 Å². The van der Waals surface area contributed by atoms with Crippen LogP contribution in [0, 0.1) is 5.92 Å². The van der Waals surface area contributed by atoms with Crippen molar-refractivity contribution >= 4 is 5.91 Å². The minimum absolute atomic E-state index is 0.0146. The molecule has 0 bridgehead atoms. The van der Waals surface area contributed by atoms with Crippen molar-refractivity contribution in [3.8, 4) is 0 Å². The van der Waals surface area contributed by atoms with Crippen molar-refractivity contribution < 1.29 is 4.79 Å². The topological polar surface area (TPSA) is 71.8 Å². The van der Waals surface area contributed by atoms with Crippen molar-refractivity contribution in [2.45, 2.75) is 39.3 Å². The van der Waals surface area contributed by atoms with Crippen LogP contribution in [0.15, 0.2) is 6.20 Å². The molecule has 1 amide bonds. The highest BCUT2D eigenvalue weighted by Gasteiger charge is 2.20. The first-order valence-electron chi connectivity index (χ1n) is 6.64. The number of hydrogen-bond acceptors (Lipinski definition) is 4. The molecule has 1 fully saturated rings. The van der Waals surface area contributed by atoms with Crippen LogP contribution in [-0.4, -0.2) is 34.0 Å². The molecule has 0 unspecified atom stereocenters. The highest BCUT2D eigenvalue weighted by atomic mass is 16.2. The molecule has 1 saturated carbocycles. The minimum Gasteiger partial charge on any atom is -0.355 e. The van der Waals surface area contributed by atoms with Crippen LogP contribution >= 0.6 is 0 Å². The molecule has 1 aliphatic carbocycles. The fourth-order valence-electron chi connectivity index (χ4n) is 1.69. The van der Waals surface area contributed by atoms with Gasteiger partial charge in [-0.1, -0.05) is 12.1 Å². The molecule has 1 aromatic heterocycles. The molecule has 0 aromatic carbocycles. The second-order valence-corrected chi connectivity index (χ2v) is 4.83. The lowest BCUT2D eigenvalue weighted by Gasteiger charge is -2.02. The average Bonchev–Trinajstić information content (AvgIpc) is 3.07. The van der Waals surface area contributed by atoms with Crippen molar-refractivity contribution in [3.05, 3.63) is 11.9 Å². The van der Waals surface area contributed by atoms with E-state index in [0.717, 1.165) is 31.1 Å². The van der Waals surface area contributed by atoms with E-state index in [0.29, 0.717) is 6.54 Å². The Hall–Kier alpha value is -1.43. The van der Waals surface area contributed by atoms with Gasteiger partial charge in [0.2, 0.25) is 5.91 Å². The summed E-state index contributed by atoms with van der Waals surface area (Å²) in [7, 11) is 0. The predicted octanol–water partition coefficient (Wildman–Crippen LogP) is 0.304. The molecule has 18 heavy (non-hydrogen) atoms. The molecule has 0 radical (unpaired) electrons. The SMILES string of the molecule is CCCNC(=O)Cn1cc(CNCC2CC2)nn1. The molecular weight excluding hydrogens is 230 g/mol. The van der Waals surface area contributed by atoms with Gasteiger partial charge in [0.1, 0.15) is 6.54 Å². The monoisotopic (exact) mass is 251 g/mol. The van der Waals surface area contributed by atoms with Crippen LogP contribution in [0.1, 0.15) is 31.9 Å². The van der Waals surface area contributed by atoms with Crippen LogP contribution < -0.4 is 10.6 Å². The molecule has 1 aromatic rings. The standard InChI is InChI=1S/C12H21N5O/c1-2-5-14-12(18)9-17-8-11(15-16-17)7-13-6-10-3-4-10/h8,10,13H,2-7,9H2,1H3,(H,14,18). The number of aromatic nitrogens is 3. The van der Waals surface area contributed by atoms with Gasteiger partial charge >= 0.3 is 0 Å². The Morgan fingerprint density at radius 3 is 3.11 bits per heavy atom. The summed E-state index contributed by atoms with van der Waals surface area (Å²) in [5.41, 5.74) is 0.888. The summed E-state index contributed by atoms with van der Waals surface area (Å²) in [4.78, 5) is 11.5. The number of hydrogen-bond donors (Lipinski definition) is 2. The molecule has 100 valence electrons. The highest BCUT2D eigenvalue weighted by Crippen LogP contribution is 2.27. The number of amides is 1. The summed E-state index contributed by atoms with van der Waals surface area (Å²) in [5.74, 6) is 0.846. The summed E-state index contributed by atoms with van der Waals surface area (Å²) in [6.07, 6.45) is 5.46. The Bertz CT molecular complexity index is 386. The molecule has 1 heterocycles. The molecule has 0 atom stereocenters. The third kappa shape index (κ3) is 4.44. The van der Waals surface area contributed by atoms with Crippen molar-refractivity contribution in [3.63, 3.8) is 0 Å². The van der Waals surface area contributed by atoms with Crippen molar-refractivity contribution in [1.82, 2.24) is 25.6 Å². The maximum atomic E-state index is 11.5. The molecule has 0 spiro atoms. The van der Waals surface area contributed by atoms with E-state index in [4.69, 9.17) is 0 Å². The first-order valence-corrected chi connectivity index (χ1v) is 6.64. The van der Waals surface area contributed by atoms with Gasteiger partial charge in [-0.15, -0.1) is 5.10 Å². The van der Waals surface area contributed by atoms with E-state index in [1.165, 1.54) is 12.8 Å². The molecule has 0 saturated heterocycles. The third-order valence-electron chi connectivity index (χ3n) is 2.90. The van der Waals surface area contributed by atoms with Gasteiger partial charge in [0.05, 0.1) is 11.9 Å². The van der Waals surface area contributed by atoms with Crippen molar-refractivity contribution in [2.24, 2.45) is 5.92 Å². The van der Waals surface area contributed by atoms with Gasteiger partial charge in [-0.2, -0.15) is 0 Å². The average molecular weight is 251 g/mol. The first-order chi connectivity index (χ1) is 8.78. The zero-order chi connectivity index (χ0) is 12.8. The third-order valence-corrected chi connectivity index (χ3v) is 2.90. The normalized spacial score (nSPS) is 14.7. The minimum atomic E-state index is -0.0146. The van der Waals surface area contributed by atoms with Gasteiger partial charge in [0.15, 0.2) is 0 Å². The molecule has 1 aliphatic rings. The lowest BCUT2D eigenvalue weighted by Crippen LogP contribution is -2.28. The van der Waals surface area contributed by atoms with Crippen LogP contribution in [0.5, 0.6) is 0 Å².